The molecule has 4 aliphatic rings. The monoisotopic (exact) mass is 815 g/mol. The summed E-state index contributed by atoms with van der Waals surface area (Å²) in [4.78, 5) is 7.86. The number of hydrogen-bond acceptors (Lipinski definition) is 3. The number of benzene rings is 8. The summed E-state index contributed by atoms with van der Waals surface area (Å²) in [6.07, 6.45) is 4.97. The predicted molar refractivity (Wildman–Crippen MR) is 270 cm³/mol. The molecule has 0 spiro atoms. The lowest BCUT2D eigenvalue weighted by atomic mass is 9.33. The van der Waals surface area contributed by atoms with Crippen molar-refractivity contribution < 1.29 is 0 Å². The van der Waals surface area contributed by atoms with Crippen molar-refractivity contribution in [2.24, 2.45) is 0 Å². The molecular formula is C59H54BN3. The van der Waals surface area contributed by atoms with Crippen LogP contribution in [0.5, 0.6) is 0 Å². The molecule has 0 radical (unpaired) electrons. The van der Waals surface area contributed by atoms with Crippen LogP contribution in [-0.2, 0) is 10.8 Å². The zero-order chi connectivity index (χ0) is 42.8. The summed E-state index contributed by atoms with van der Waals surface area (Å²) < 4.78 is 0. The first-order valence-corrected chi connectivity index (χ1v) is 23.1. The highest BCUT2D eigenvalue weighted by atomic mass is 15.3. The number of hydrogen-bond donors (Lipinski definition) is 0. The van der Waals surface area contributed by atoms with Gasteiger partial charge in [0.1, 0.15) is 0 Å². The van der Waals surface area contributed by atoms with E-state index < -0.39 is 0 Å². The van der Waals surface area contributed by atoms with Gasteiger partial charge in [-0.15, -0.1) is 0 Å². The van der Waals surface area contributed by atoms with Crippen LogP contribution in [0.2, 0.25) is 0 Å². The summed E-state index contributed by atoms with van der Waals surface area (Å²) in [5.74, 6) is 0. The van der Waals surface area contributed by atoms with Gasteiger partial charge in [0.2, 0.25) is 0 Å². The molecule has 0 amide bonds. The fraction of sp³-hybridized carbons (Fsp3) is 0.220. The quantitative estimate of drug-likeness (QED) is 0.160. The number of rotatable bonds is 5. The van der Waals surface area contributed by atoms with E-state index in [1.165, 1.54) is 109 Å². The molecule has 308 valence electrons. The van der Waals surface area contributed by atoms with Crippen LogP contribution in [0.15, 0.2) is 170 Å². The average molecular weight is 816 g/mol. The van der Waals surface area contributed by atoms with Crippen LogP contribution in [0.3, 0.4) is 0 Å². The highest BCUT2D eigenvalue weighted by Gasteiger charge is 2.61. The molecule has 63 heavy (non-hydrogen) atoms. The zero-order valence-electron chi connectivity index (χ0n) is 37.4. The van der Waals surface area contributed by atoms with Gasteiger partial charge in [0.05, 0.1) is 5.54 Å². The Morgan fingerprint density at radius 2 is 1.25 bits per heavy atom. The van der Waals surface area contributed by atoms with Crippen molar-refractivity contribution in [3.8, 4) is 11.1 Å². The molecule has 3 heterocycles. The molecule has 1 aliphatic carbocycles. The molecule has 8 aromatic carbocycles. The summed E-state index contributed by atoms with van der Waals surface area (Å²) in [6, 6.07) is 64.4. The van der Waals surface area contributed by atoms with Crippen molar-refractivity contribution >= 4 is 79.4 Å². The number of para-hydroxylation sites is 2. The van der Waals surface area contributed by atoms with Gasteiger partial charge >= 0.3 is 0 Å². The summed E-state index contributed by atoms with van der Waals surface area (Å²) in [7, 11) is 0. The Bertz CT molecular complexity index is 3130. The van der Waals surface area contributed by atoms with Crippen molar-refractivity contribution in [1.82, 2.24) is 0 Å². The SMILES string of the molecule is Cc1cc2c3c(c1)N1c4c(cccc4C4(C)CCCCC14C)B3c1ccc(N(c3ccc(C(C)(C)C)cc3)c3cccc(-c4ccc5ccccc5c4)c3)cc1N2c1ccccc1. The molecular weight excluding hydrogens is 761 g/mol. The van der Waals surface area contributed by atoms with Crippen LogP contribution >= 0.6 is 0 Å². The average Bonchev–Trinajstić information content (AvgIpc) is 3.51. The zero-order valence-corrected chi connectivity index (χ0v) is 37.4. The summed E-state index contributed by atoms with van der Waals surface area (Å²) in [5, 5.41) is 2.51. The molecule has 4 heteroatoms. The van der Waals surface area contributed by atoms with Crippen molar-refractivity contribution in [2.75, 3.05) is 14.7 Å². The number of aryl methyl sites for hydroxylation is 1. The van der Waals surface area contributed by atoms with Crippen LogP contribution in [0, 0.1) is 6.92 Å². The lowest BCUT2D eigenvalue weighted by Crippen LogP contribution is -2.64. The molecule has 8 aromatic rings. The molecule has 1 fully saturated rings. The van der Waals surface area contributed by atoms with Crippen LogP contribution in [0.25, 0.3) is 21.9 Å². The van der Waals surface area contributed by atoms with Gasteiger partial charge < -0.3 is 14.7 Å². The van der Waals surface area contributed by atoms with Crippen LogP contribution < -0.4 is 31.1 Å². The van der Waals surface area contributed by atoms with E-state index in [4.69, 9.17) is 0 Å². The highest BCUT2D eigenvalue weighted by Crippen LogP contribution is 2.61. The molecule has 1 saturated carbocycles. The second-order valence-electron chi connectivity index (χ2n) is 20.2. The normalized spacial score (nSPS) is 19.4. The Kier molecular flexibility index (Phi) is 8.33. The Labute approximate surface area is 373 Å². The largest absolute Gasteiger partial charge is 0.335 e. The molecule has 0 N–H and O–H groups in total. The van der Waals surface area contributed by atoms with E-state index in [1.54, 1.807) is 0 Å². The van der Waals surface area contributed by atoms with Crippen LogP contribution in [0.4, 0.5) is 45.5 Å². The van der Waals surface area contributed by atoms with Crippen LogP contribution in [-0.4, -0.2) is 12.3 Å². The maximum Gasteiger partial charge on any atom is 0.252 e. The molecule has 2 atom stereocenters. The number of nitrogens with zero attached hydrogens (tertiary/aromatic N) is 3. The molecule has 0 saturated heterocycles. The third-order valence-electron chi connectivity index (χ3n) is 15.5. The fourth-order valence-corrected chi connectivity index (χ4v) is 12.1. The third-order valence-corrected chi connectivity index (χ3v) is 15.5. The van der Waals surface area contributed by atoms with Gasteiger partial charge in [0.25, 0.3) is 6.71 Å². The van der Waals surface area contributed by atoms with Gasteiger partial charge in [-0.25, -0.2) is 0 Å². The van der Waals surface area contributed by atoms with Crippen molar-refractivity contribution in [3.05, 3.63) is 187 Å². The lowest BCUT2D eigenvalue weighted by molar-refractivity contribution is 0.195. The summed E-state index contributed by atoms with van der Waals surface area (Å²) in [5.41, 5.74) is 20.9. The molecule has 3 aliphatic heterocycles. The highest BCUT2D eigenvalue weighted by molar-refractivity contribution is 7.00. The van der Waals surface area contributed by atoms with Crippen molar-refractivity contribution in [2.45, 2.75) is 83.6 Å². The van der Waals surface area contributed by atoms with Crippen LogP contribution in [0.1, 0.15) is 77.0 Å². The van der Waals surface area contributed by atoms with Gasteiger partial charge in [-0.05, 0) is 154 Å². The Balaban J connectivity index is 1.09. The maximum absolute atomic E-state index is 2.83. The Morgan fingerprint density at radius 1 is 0.556 bits per heavy atom. The minimum Gasteiger partial charge on any atom is -0.335 e. The topological polar surface area (TPSA) is 9.72 Å². The summed E-state index contributed by atoms with van der Waals surface area (Å²) >= 11 is 0. The van der Waals surface area contributed by atoms with Crippen molar-refractivity contribution in [3.63, 3.8) is 0 Å². The van der Waals surface area contributed by atoms with Crippen molar-refractivity contribution in [1.29, 1.82) is 0 Å². The van der Waals surface area contributed by atoms with E-state index in [0.29, 0.717) is 0 Å². The Hall–Kier alpha value is -6.52. The van der Waals surface area contributed by atoms with Gasteiger partial charge in [0, 0.05) is 50.9 Å². The maximum atomic E-state index is 2.83. The van der Waals surface area contributed by atoms with Gasteiger partial charge in [-0.3, -0.25) is 0 Å². The van der Waals surface area contributed by atoms with E-state index in [-0.39, 0.29) is 23.1 Å². The third kappa shape index (κ3) is 5.59. The smallest absolute Gasteiger partial charge is 0.252 e. The number of fused-ring (bicyclic) bond motifs is 8. The predicted octanol–water partition coefficient (Wildman–Crippen LogP) is 13.9. The number of anilines is 8. The van der Waals surface area contributed by atoms with Gasteiger partial charge in [-0.1, -0.05) is 144 Å². The molecule has 2 unspecified atom stereocenters. The first-order valence-electron chi connectivity index (χ1n) is 23.1. The standard InChI is InChI=1S/C59H54BN3/c1-39-34-53-55-54(35-39)63-56-49(58(5)32-12-13-33-59(58,63)6)22-15-23-51(56)60(55)50-31-30-48(38-52(50)62(53)45-19-8-7-9-20-45)61(46-28-26-44(27-29-46)57(2,3)4)47-21-14-18-42(37-47)43-25-24-40-16-10-11-17-41(40)36-43/h7-11,14-31,34-38H,12-13,32-33H2,1-6H3. The van der Waals surface area contributed by atoms with Gasteiger partial charge in [0.15, 0.2) is 0 Å². The second-order valence-corrected chi connectivity index (χ2v) is 20.2. The lowest BCUT2D eigenvalue weighted by Gasteiger charge is -2.52. The molecule has 3 nitrogen and oxygen atoms in total. The summed E-state index contributed by atoms with van der Waals surface area (Å²) in [6.45, 7) is 14.4. The van der Waals surface area contributed by atoms with E-state index in [9.17, 15) is 0 Å². The van der Waals surface area contributed by atoms with E-state index >= 15 is 0 Å². The molecule has 0 aromatic heterocycles. The minimum atomic E-state index is 0.00234. The molecule has 12 rings (SSSR count). The van der Waals surface area contributed by atoms with E-state index in [1.807, 2.05) is 0 Å². The van der Waals surface area contributed by atoms with Gasteiger partial charge in [-0.2, -0.15) is 0 Å². The minimum absolute atomic E-state index is 0.00234. The fourth-order valence-electron chi connectivity index (χ4n) is 12.1. The van der Waals surface area contributed by atoms with E-state index in [0.717, 1.165) is 17.1 Å². The Morgan fingerprint density at radius 3 is 2.06 bits per heavy atom. The molecule has 0 bridgehead atoms. The first-order chi connectivity index (χ1) is 30.5. The van der Waals surface area contributed by atoms with E-state index in [2.05, 4.69) is 226 Å². The first kappa shape index (κ1) is 38.2. The second kappa shape index (κ2) is 13.7.